The Morgan fingerprint density at radius 3 is 2.33 bits per heavy atom. The normalized spacial score (nSPS) is 13.2. The third-order valence-electron chi connectivity index (χ3n) is 3.80. The summed E-state index contributed by atoms with van der Waals surface area (Å²) in [4.78, 5) is 35.7. The number of amides is 2. The highest BCUT2D eigenvalue weighted by Gasteiger charge is 2.27. The fraction of sp³-hybridized carbons (Fsp3) is 0.471. The second-order valence-electron chi connectivity index (χ2n) is 6.01. The van der Waals surface area contributed by atoms with E-state index in [0.29, 0.717) is 22.7 Å². The molecule has 0 aliphatic rings. The van der Waals surface area contributed by atoms with Crippen molar-refractivity contribution >= 4 is 35.1 Å². The lowest BCUT2D eigenvalue weighted by molar-refractivity contribution is -0.119. The maximum Gasteiger partial charge on any atom is 0.405 e. The number of carboxylic acid groups (broad SMARTS) is 1. The number of halogens is 1. The molecule has 0 radical (unpaired) electrons. The molecule has 0 aliphatic heterocycles. The average molecular weight is 355 g/mol. The average Bonchev–Trinajstić information content (AvgIpc) is 2.52. The fourth-order valence-electron chi connectivity index (χ4n) is 2.19. The maximum absolute atomic E-state index is 12.5. The third kappa shape index (κ3) is 5.23. The van der Waals surface area contributed by atoms with E-state index in [-0.39, 0.29) is 17.6 Å². The zero-order valence-electron chi connectivity index (χ0n) is 14.2. The standard InChI is InChI=1S/C17H23ClN2O4/c1-5-10(4)14(20-17(23)24)16(22)19-13-7-6-11(18)8-12(13)15(21)9(2)3/h6-10,14,20H,5H2,1-4H3,(H,19,22)(H,23,24). The van der Waals surface area contributed by atoms with E-state index in [9.17, 15) is 14.4 Å². The van der Waals surface area contributed by atoms with Crippen molar-refractivity contribution in [3.8, 4) is 0 Å². The minimum atomic E-state index is -1.27. The van der Waals surface area contributed by atoms with Crippen molar-refractivity contribution in [2.24, 2.45) is 11.8 Å². The van der Waals surface area contributed by atoms with Gasteiger partial charge < -0.3 is 15.7 Å². The highest BCUT2D eigenvalue weighted by Crippen LogP contribution is 2.24. The Hall–Kier alpha value is -2.08. The molecule has 2 amide bonds. The van der Waals surface area contributed by atoms with Gasteiger partial charge in [-0.25, -0.2) is 4.79 Å². The van der Waals surface area contributed by atoms with Crippen molar-refractivity contribution in [1.29, 1.82) is 0 Å². The molecule has 0 aliphatic carbocycles. The van der Waals surface area contributed by atoms with Gasteiger partial charge in [-0.1, -0.05) is 45.7 Å². The monoisotopic (exact) mass is 354 g/mol. The number of hydrogen-bond acceptors (Lipinski definition) is 3. The van der Waals surface area contributed by atoms with Gasteiger partial charge >= 0.3 is 6.09 Å². The highest BCUT2D eigenvalue weighted by molar-refractivity contribution is 6.31. The smallest absolute Gasteiger partial charge is 0.405 e. The molecule has 3 N–H and O–H groups in total. The summed E-state index contributed by atoms with van der Waals surface area (Å²) in [6, 6.07) is 3.70. The molecule has 0 heterocycles. The van der Waals surface area contributed by atoms with E-state index in [1.165, 1.54) is 6.07 Å². The molecule has 132 valence electrons. The van der Waals surface area contributed by atoms with Crippen LogP contribution in [0.15, 0.2) is 18.2 Å². The maximum atomic E-state index is 12.5. The molecule has 0 saturated heterocycles. The van der Waals surface area contributed by atoms with Crippen LogP contribution in [0, 0.1) is 11.8 Å². The van der Waals surface area contributed by atoms with E-state index in [4.69, 9.17) is 16.7 Å². The van der Waals surface area contributed by atoms with Gasteiger partial charge in [0.25, 0.3) is 0 Å². The van der Waals surface area contributed by atoms with Crippen LogP contribution in [0.4, 0.5) is 10.5 Å². The van der Waals surface area contributed by atoms with Gasteiger partial charge in [0.05, 0.1) is 5.69 Å². The van der Waals surface area contributed by atoms with Crippen molar-refractivity contribution in [2.75, 3.05) is 5.32 Å². The molecule has 24 heavy (non-hydrogen) atoms. The molecule has 0 fully saturated rings. The third-order valence-corrected chi connectivity index (χ3v) is 4.04. The first-order valence-corrected chi connectivity index (χ1v) is 8.19. The van der Waals surface area contributed by atoms with Crippen LogP contribution in [0.5, 0.6) is 0 Å². The fourth-order valence-corrected chi connectivity index (χ4v) is 2.36. The zero-order chi connectivity index (χ0) is 18.4. The first kappa shape index (κ1) is 20.0. The van der Waals surface area contributed by atoms with Crippen LogP contribution in [-0.2, 0) is 4.79 Å². The molecule has 0 aromatic heterocycles. The Morgan fingerprint density at radius 1 is 1.21 bits per heavy atom. The summed E-state index contributed by atoms with van der Waals surface area (Å²) >= 11 is 5.95. The van der Waals surface area contributed by atoms with Gasteiger partial charge in [0.15, 0.2) is 5.78 Å². The van der Waals surface area contributed by atoms with Crippen LogP contribution in [-0.4, -0.2) is 28.9 Å². The largest absolute Gasteiger partial charge is 0.465 e. The van der Waals surface area contributed by atoms with E-state index in [0.717, 1.165) is 0 Å². The van der Waals surface area contributed by atoms with E-state index in [1.807, 2.05) is 6.92 Å². The van der Waals surface area contributed by atoms with Gasteiger partial charge in [-0.3, -0.25) is 9.59 Å². The van der Waals surface area contributed by atoms with Crippen molar-refractivity contribution in [3.05, 3.63) is 28.8 Å². The second kappa shape index (κ2) is 8.68. The number of ketones is 1. The molecule has 2 unspecified atom stereocenters. The Kier molecular flexibility index (Phi) is 7.22. The molecule has 0 bridgehead atoms. The number of carbonyl (C=O) groups is 3. The van der Waals surface area contributed by atoms with Crippen LogP contribution in [0.2, 0.25) is 5.02 Å². The predicted octanol–water partition coefficient (Wildman–Crippen LogP) is 3.80. The van der Waals surface area contributed by atoms with Crippen LogP contribution in [0.1, 0.15) is 44.5 Å². The molecular formula is C17H23ClN2O4. The molecule has 6 nitrogen and oxygen atoms in total. The summed E-state index contributed by atoms with van der Waals surface area (Å²) in [5.41, 5.74) is 0.632. The Bertz CT molecular complexity index is 631. The summed E-state index contributed by atoms with van der Waals surface area (Å²) in [5, 5.41) is 14.2. The summed E-state index contributed by atoms with van der Waals surface area (Å²) < 4.78 is 0. The molecule has 2 atom stereocenters. The number of benzene rings is 1. The van der Waals surface area contributed by atoms with Crippen LogP contribution >= 0.6 is 11.6 Å². The molecule has 7 heteroatoms. The first-order chi connectivity index (χ1) is 11.2. The summed E-state index contributed by atoms with van der Waals surface area (Å²) in [6.07, 6.45) is -0.651. The van der Waals surface area contributed by atoms with Crippen molar-refractivity contribution in [1.82, 2.24) is 5.32 Å². The number of Topliss-reactive ketones (excluding diaryl/α,β-unsaturated/α-hetero) is 1. The van der Waals surface area contributed by atoms with E-state index < -0.39 is 18.0 Å². The molecule has 0 spiro atoms. The van der Waals surface area contributed by atoms with Gasteiger partial charge in [0.2, 0.25) is 5.91 Å². The van der Waals surface area contributed by atoms with Crippen molar-refractivity contribution < 1.29 is 19.5 Å². The number of rotatable bonds is 7. The summed E-state index contributed by atoms with van der Waals surface area (Å²) in [7, 11) is 0. The second-order valence-corrected chi connectivity index (χ2v) is 6.45. The lowest BCUT2D eigenvalue weighted by Gasteiger charge is -2.23. The molecule has 1 rings (SSSR count). The minimum absolute atomic E-state index is 0.154. The topological polar surface area (TPSA) is 95.5 Å². The molecule has 1 aromatic carbocycles. The number of carbonyl (C=O) groups excluding carboxylic acids is 2. The van der Waals surface area contributed by atoms with Gasteiger partial charge in [-0.15, -0.1) is 0 Å². The predicted molar refractivity (Wildman–Crippen MR) is 93.7 cm³/mol. The minimum Gasteiger partial charge on any atom is -0.465 e. The summed E-state index contributed by atoms with van der Waals surface area (Å²) in [6.45, 7) is 7.15. The van der Waals surface area contributed by atoms with E-state index in [1.54, 1.807) is 32.9 Å². The molecule has 0 saturated carbocycles. The van der Waals surface area contributed by atoms with E-state index >= 15 is 0 Å². The van der Waals surface area contributed by atoms with Gasteiger partial charge in [-0.2, -0.15) is 0 Å². The van der Waals surface area contributed by atoms with Crippen LogP contribution < -0.4 is 10.6 Å². The Morgan fingerprint density at radius 2 is 1.83 bits per heavy atom. The van der Waals surface area contributed by atoms with Gasteiger partial charge in [0.1, 0.15) is 6.04 Å². The van der Waals surface area contributed by atoms with Gasteiger partial charge in [0, 0.05) is 16.5 Å². The Balaban J connectivity index is 3.12. The number of anilines is 1. The first-order valence-electron chi connectivity index (χ1n) is 7.81. The molecular weight excluding hydrogens is 332 g/mol. The highest BCUT2D eigenvalue weighted by atomic mass is 35.5. The van der Waals surface area contributed by atoms with Crippen LogP contribution in [0.25, 0.3) is 0 Å². The van der Waals surface area contributed by atoms with Crippen LogP contribution in [0.3, 0.4) is 0 Å². The lowest BCUT2D eigenvalue weighted by atomic mass is 9.97. The quantitative estimate of drug-likeness (QED) is 0.649. The number of hydrogen-bond donors (Lipinski definition) is 3. The van der Waals surface area contributed by atoms with Gasteiger partial charge in [-0.05, 0) is 24.1 Å². The molecule has 1 aromatic rings. The number of nitrogens with one attached hydrogen (secondary N) is 2. The SMILES string of the molecule is CCC(C)C(NC(=O)O)C(=O)Nc1ccc(Cl)cc1C(=O)C(C)C. The zero-order valence-corrected chi connectivity index (χ0v) is 15.0. The van der Waals surface area contributed by atoms with Crippen molar-refractivity contribution in [3.63, 3.8) is 0 Å². The Labute approximate surface area is 146 Å². The van der Waals surface area contributed by atoms with Crippen molar-refractivity contribution in [2.45, 2.75) is 40.2 Å². The van der Waals surface area contributed by atoms with E-state index in [2.05, 4.69) is 10.6 Å². The lowest BCUT2D eigenvalue weighted by Crippen LogP contribution is -2.47. The summed E-state index contributed by atoms with van der Waals surface area (Å²) in [5.74, 6) is -1.12.